The van der Waals surface area contributed by atoms with Gasteiger partial charge in [-0.05, 0) is 42.3 Å². The van der Waals surface area contributed by atoms with Crippen molar-refractivity contribution in [2.45, 2.75) is 27.9 Å². The van der Waals surface area contributed by atoms with Crippen LogP contribution < -0.4 is 10.0 Å². The molecule has 0 radical (unpaired) electrons. The van der Waals surface area contributed by atoms with Gasteiger partial charge in [-0.15, -0.1) is 11.8 Å². The second-order valence-electron chi connectivity index (χ2n) is 7.28. The molecule has 1 aliphatic rings. The van der Waals surface area contributed by atoms with Crippen molar-refractivity contribution in [2.75, 3.05) is 11.9 Å². The largest absolute Gasteiger partial charge is 0.325 e. The summed E-state index contributed by atoms with van der Waals surface area (Å²) < 4.78 is 28.0. The lowest BCUT2D eigenvalue weighted by molar-refractivity contribution is -0.115. The molecule has 0 unspecified atom stereocenters. The van der Waals surface area contributed by atoms with Gasteiger partial charge in [-0.1, -0.05) is 54.6 Å². The van der Waals surface area contributed by atoms with Crippen molar-refractivity contribution in [3.05, 3.63) is 90.5 Å². The van der Waals surface area contributed by atoms with Crippen LogP contribution in [0.3, 0.4) is 0 Å². The van der Waals surface area contributed by atoms with Crippen LogP contribution in [0.5, 0.6) is 0 Å². The van der Waals surface area contributed by atoms with Gasteiger partial charge in [0.1, 0.15) is 11.1 Å². The summed E-state index contributed by atoms with van der Waals surface area (Å²) in [7, 11) is -3.76. The number of hydrogen-bond acceptors (Lipinski definition) is 5. The zero-order chi connectivity index (χ0) is 22.4. The van der Waals surface area contributed by atoms with E-state index in [9.17, 15) is 13.2 Å². The van der Waals surface area contributed by atoms with Gasteiger partial charge in [0.15, 0.2) is 0 Å². The molecule has 164 valence electrons. The molecule has 0 aliphatic carbocycles. The molecule has 2 N–H and O–H groups in total. The Morgan fingerprint density at radius 3 is 2.34 bits per heavy atom. The topological polar surface area (TPSA) is 87.6 Å². The Kier molecular flexibility index (Phi) is 6.92. The van der Waals surface area contributed by atoms with Crippen LogP contribution in [0, 0.1) is 0 Å². The fourth-order valence-electron chi connectivity index (χ4n) is 3.32. The first-order valence-electron chi connectivity index (χ1n) is 10.2. The maximum Gasteiger partial charge on any atom is 0.262 e. The van der Waals surface area contributed by atoms with Gasteiger partial charge in [-0.25, -0.2) is 8.42 Å². The summed E-state index contributed by atoms with van der Waals surface area (Å²) in [6.07, 6.45) is 1.46. The quantitative estimate of drug-likeness (QED) is 0.498. The highest BCUT2D eigenvalue weighted by molar-refractivity contribution is 8.00. The van der Waals surface area contributed by atoms with Gasteiger partial charge < -0.3 is 5.32 Å². The molecule has 0 fully saturated rings. The average molecular weight is 466 g/mol. The third-order valence-corrected chi connectivity index (χ3v) is 7.52. The van der Waals surface area contributed by atoms with Gasteiger partial charge in [0, 0.05) is 23.5 Å². The zero-order valence-electron chi connectivity index (χ0n) is 17.3. The van der Waals surface area contributed by atoms with Gasteiger partial charge in [0.25, 0.3) is 10.0 Å². The highest BCUT2D eigenvalue weighted by atomic mass is 32.2. The van der Waals surface area contributed by atoms with Gasteiger partial charge in [-0.2, -0.15) is 0 Å². The Bertz CT molecular complexity index is 1210. The van der Waals surface area contributed by atoms with E-state index in [0.29, 0.717) is 24.5 Å². The minimum Gasteiger partial charge on any atom is -0.325 e. The molecule has 1 atom stereocenters. The number of nitrogens with one attached hydrogen (secondary N) is 2. The average Bonchev–Trinajstić information content (AvgIpc) is 3.31. The fourth-order valence-corrected chi connectivity index (χ4v) is 5.50. The molecule has 0 spiro atoms. The van der Waals surface area contributed by atoms with E-state index in [1.165, 1.54) is 23.9 Å². The summed E-state index contributed by atoms with van der Waals surface area (Å²) in [6, 6.07) is 25.5. The predicted octanol–water partition coefficient (Wildman–Crippen LogP) is 4.63. The molecule has 1 heterocycles. The summed E-state index contributed by atoms with van der Waals surface area (Å²) in [6.45, 7) is 0.633. The van der Waals surface area contributed by atoms with E-state index in [-0.39, 0.29) is 10.8 Å². The molecule has 0 bridgehead atoms. The molecule has 32 heavy (non-hydrogen) atoms. The van der Waals surface area contributed by atoms with Gasteiger partial charge in [0.05, 0.1) is 4.90 Å². The van der Waals surface area contributed by atoms with Crippen molar-refractivity contribution in [2.24, 2.45) is 4.99 Å². The maximum atomic E-state index is 13.2. The third kappa shape index (κ3) is 5.57. The van der Waals surface area contributed by atoms with E-state index in [1.807, 2.05) is 60.7 Å². The van der Waals surface area contributed by atoms with E-state index in [1.54, 1.807) is 12.1 Å². The van der Waals surface area contributed by atoms with Crippen LogP contribution in [0.1, 0.15) is 23.7 Å². The Balaban J connectivity index is 1.55. The van der Waals surface area contributed by atoms with Crippen molar-refractivity contribution in [3.63, 3.8) is 0 Å². The number of anilines is 1. The molecule has 4 rings (SSSR count). The molecule has 3 aromatic rings. The van der Waals surface area contributed by atoms with Crippen LogP contribution in [0.2, 0.25) is 0 Å². The molecular formula is C24H23N3O3S2. The molecule has 8 heteroatoms. The van der Waals surface area contributed by atoms with E-state index in [0.717, 1.165) is 16.9 Å². The zero-order valence-corrected chi connectivity index (χ0v) is 18.9. The predicted molar refractivity (Wildman–Crippen MR) is 128 cm³/mol. The number of nitrogens with zero attached hydrogens (tertiary/aromatic N) is 1. The standard InChI is InChI=1S/C24H23N3O3S2/c28-24(23(18-9-3-1-4-10-18)31-20-12-5-2-6-13-20)26-19-11-7-14-21(17-19)32(29,30)27-22-15-8-16-25-22/h1-7,9-14,17,23H,8,15-16H2,(H,25,27)(H,26,28)/t23-/m1/s1. The lowest BCUT2D eigenvalue weighted by Crippen LogP contribution is -2.29. The van der Waals surface area contributed by atoms with Crippen LogP contribution in [-0.4, -0.2) is 26.7 Å². The molecule has 6 nitrogen and oxygen atoms in total. The van der Waals surface area contributed by atoms with Crippen molar-refractivity contribution < 1.29 is 13.2 Å². The van der Waals surface area contributed by atoms with E-state index in [4.69, 9.17) is 0 Å². The normalized spacial score (nSPS) is 14.4. The van der Waals surface area contributed by atoms with E-state index < -0.39 is 15.3 Å². The van der Waals surface area contributed by atoms with Crippen LogP contribution in [-0.2, 0) is 14.8 Å². The Hall–Kier alpha value is -3.10. The van der Waals surface area contributed by atoms with Crippen molar-refractivity contribution in [3.8, 4) is 0 Å². The minimum atomic E-state index is -3.76. The number of carbonyl (C=O) groups excluding carboxylic acids is 1. The smallest absolute Gasteiger partial charge is 0.262 e. The van der Waals surface area contributed by atoms with Crippen molar-refractivity contribution in [1.29, 1.82) is 0 Å². The number of rotatable bonds is 7. The summed E-state index contributed by atoms with van der Waals surface area (Å²) in [5.74, 6) is 0.246. The summed E-state index contributed by atoms with van der Waals surface area (Å²) >= 11 is 1.44. The molecule has 3 aromatic carbocycles. The minimum absolute atomic E-state index is 0.0804. The Labute approximate surface area is 192 Å². The maximum absolute atomic E-state index is 13.2. The lowest BCUT2D eigenvalue weighted by atomic mass is 10.1. The van der Waals surface area contributed by atoms with Gasteiger partial charge in [0.2, 0.25) is 5.91 Å². The lowest BCUT2D eigenvalue weighted by Gasteiger charge is -2.17. The first-order valence-corrected chi connectivity index (χ1v) is 12.6. The number of benzene rings is 3. The number of aliphatic imine (C=N–C) groups is 1. The van der Waals surface area contributed by atoms with E-state index in [2.05, 4.69) is 15.0 Å². The Morgan fingerprint density at radius 1 is 0.938 bits per heavy atom. The fraction of sp³-hybridized carbons (Fsp3) is 0.167. The van der Waals surface area contributed by atoms with Crippen LogP contribution in [0.4, 0.5) is 5.69 Å². The van der Waals surface area contributed by atoms with E-state index >= 15 is 0 Å². The molecular weight excluding hydrogens is 442 g/mol. The number of thioether (sulfide) groups is 1. The van der Waals surface area contributed by atoms with Crippen LogP contribution in [0.15, 0.2) is 99.7 Å². The molecule has 0 saturated heterocycles. The van der Waals surface area contributed by atoms with Gasteiger partial charge >= 0.3 is 0 Å². The first-order chi connectivity index (χ1) is 15.5. The van der Waals surface area contributed by atoms with Crippen molar-refractivity contribution in [1.82, 2.24) is 4.72 Å². The number of hydrogen-bond donors (Lipinski definition) is 2. The van der Waals surface area contributed by atoms with Crippen LogP contribution >= 0.6 is 11.8 Å². The van der Waals surface area contributed by atoms with Crippen LogP contribution in [0.25, 0.3) is 0 Å². The second-order valence-corrected chi connectivity index (χ2v) is 10.1. The van der Waals surface area contributed by atoms with Crippen molar-refractivity contribution >= 4 is 39.2 Å². The summed E-state index contributed by atoms with van der Waals surface area (Å²) in [4.78, 5) is 18.5. The number of amides is 1. The number of sulfonamides is 1. The molecule has 1 aliphatic heterocycles. The second kappa shape index (κ2) is 10.0. The molecule has 0 aromatic heterocycles. The first kappa shape index (κ1) is 22.1. The molecule has 0 saturated carbocycles. The SMILES string of the molecule is O=C(Nc1cccc(S(=O)(=O)NC2=NCCC2)c1)[C@H](Sc1ccccc1)c1ccccc1. The highest BCUT2D eigenvalue weighted by Gasteiger charge is 2.23. The monoisotopic (exact) mass is 465 g/mol. The Morgan fingerprint density at radius 2 is 1.66 bits per heavy atom. The van der Waals surface area contributed by atoms with Gasteiger partial charge in [-0.3, -0.25) is 14.5 Å². The summed E-state index contributed by atoms with van der Waals surface area (Å²) in [5.41, 5.74) is 1.28. The highest BCUT2D eigenvalue weighted by Crippen LogP contribution is 2.36. The number of carbonyl (C=O) groups is 1. The number of amidine groups is 1. The third-order valence-electron chi connectivity index (χ3n) is 4.88. The molecule has 1 amide bonds. The summed E-state index contributed by atoms with van der Waals surface area (Å²) in [5, 5.41) is 2.39.